The minimum Gasteiger partial charge on any atom is -0.469 e. The second-order valence-electron chi connectivity index (χ2n) is 5.84. The van der Waals surface area contributed by atoms with E-state index in [0.29, 0.717) is 37.5 Å². The normalized spacial score (nSPS) is 15.7. The van der Waals surface area contributed by atoms with E-state index in [1.54, 1.807) is 19.2 Å². The lowest BCUT2D eigenvalue weighted by molar-refractivity contribution is -0.274. The average molecular weight is 501 g/mol. The van der Waals surface area contributed by atoms with Crippen LogP contribution in [0.5, 0.6) is 5.75 Å². The summed E-state index contributed by atoms with van der Waals surface area (Å²) in [7, 11) is 2.97. The van der Waals surface area contributed by atoms with Crippen LogP contribution in [0.25, 0.3) is 0 Å². The number of nitrogens with one attached hydrogen (secondary N) is 1. The van der Waals surface area contributed by atoms with Gasteiger partial charge in [-0.1, -0.05) is 18.2 Å². The Morgan fingerprint density at radius 1 is 1.30 bits per heavy atom. The fourth-order valence-corrected chi connectivity index (χ4v) is 2.87. The van der Waals surface area contributed by atoms with Crippen molar-refractivity contribution in [3.8, 4) is 5.75 Å². The Labute approximate surface area is 173 Å². The van der Waals surface area contributed by atoms with Crippen LogP contribution in [-0.4, -0.2) is 50.4 Å². The molecule has 1 aromatic rings. The molecule has 6 nitrogen and oxygen atoms in total. The summed E-state index contributed by atoms with van der Waals surface area (Å²) < 4.78 is 46.3. The quantitative estimate of drug-likeness (QED) is 0.298. The molecule has 152 valence electrons. The van der Waals surface area contributed by atoms with Crippen molar-refractivity contribution in [1.29, 1.82) is 0 Å². The minimum atomic E-state index is -4.74. The molecule has 0 amide bonds. The molecule has 1 aliphatic rings. The topological polar surface area (TPSA) is 63.2 Å². The third-order valence-electron chi connectivity index (χ3n) is 4.18. The number of rotatable bonds is 4. The average Bonchev–Trinajstić information content (AvgIpc) is 2.62. The highest BCUT2D eigenvalue weighted by atomic mass is 127. The van der Waals surface area contributed by atoms with Gasteiger partial charge in [0, 0.05) is 32.2 Å². The van der Waals surface area contributed by atoms with Crippen molar-refractivity contribution >= 4 is 35.9 Å². The van der Waals surface area contributed by atoms with Gasteiger partial charge in [-0.2, -0.15) is 0 Å². The van der Waals surface area contributed by atoms with Crippen LogP contribution in [-0.2, 0) is 16.1 Å². The zero-order valence-electron chi connectivity index (χ0n) is 15.1. The summed E-state index contributed by atoms with van der Waals surface area (Å²) in [5, 5.41) is 3.05. The van der Waals surface area contributed by atoms with Crippen LogP contribution < -0.4 is 10.1 Å². The molecule has 1 heterocycles. The first-order chi connectivity index (χ1) is 12.3. The van der Waals surface area contributed by atoms with Crippen molar-refractivity contribution in [1.82, 2.24) is 10.2 Å². The molecule has 0 atom stereocenters. The Hall–Kier alpha value is -1.72. The van der Waals surface area contributed by atoms with E-state index in [4.69, 9.17) is 4.74 Å². The number of hydrogen-bond donors (Lipinski definition) is 1. The van der Waals surface area contributed by atoms with Gasteiger partial charge in [0.25, 0.3) is 0 Å². The van der Waals surface area contributed by atoms with Crippen molar-refractivity contribution < 1.29 is 27.4 Å². The number of carbonyl (C=O) groups is 1. The number of nitrogens with zero attached hydrogens (tertiary/aromatic N) is 2. The number of alkyl halides is 3. The molecular formula is C17H23F3IN3O3. The Balaban J connectivity index is 0.00000364. The molecule has 0 unspecified atom stereocenters. The predicted octanol–water partition coefficient (Wildman–Crippen LogP) is 3.16. The maximum Gasteiger partial charge on any atom is 0.573 e. The molecule has 1 fully saturated rings. The second kappa shape index (κ2) is 10.6. The van der Waals surface area contributed by atoms with Crippen LogP contribution >= 0.6 is 24.0 Å². The van der Waals surface area contributed by atoms with Gasteiger partial charge >= 0.3 is 12.3 Å². The lowest BCUT2D eigenvalue weighted by Gasteiger charge is -2.33. The fraction of sp³-hybridized carbons (Fsp3) is 0.529. The summed E-state index contributed by atoms with van der Waals surface area (Å²) in [4.78, 5) is 17.7. The van der Waals surface area contributed by atoms with Crippen LogP contribution in [0.3, 0.4) is 0 Å². The Morgan fingerprint density at radius 2 is 1.93 bits per heavy atom. The molecule has 1 aliphatic heterocycles. The van der Waals surface area contributed by atoms with E-state index in [-0.39, 0.29) is 48.2 Å². The number of carbonyl (C=O) groups excluding carboxylic acids is 1. The summed E-state index contributed by atoms with van der Waals surface area (Å²) in [6.45, 7) is 1.36. The standard InChI is InChI=1S/C17H22F3N3O3.HI/c1-21-16(23-9-7-12(8-10-23)15(24)25-2)22-11-13-5-3-4-6-14(13)26-17(18,19)20;/h3-6,12H,7-11H2,1-2H3,(H,21,22);1H. The van der Waals surface area contributed by atoms with Gasteiger partial charge in [0.05, 0.1) is 13.0 Å². The molecule has 1 N–H and O–H groups in total. The number of para-hydroxylation sites is 1. The smallest absolute Gasteiger partial charge is 0.469 e. The van der Waals surface area contributed by atoms with Gasteiger partial charge in [0.15, 0.2) is 5.96 Å². The predicted molar refractivity (Wildman–Crippen MR) is 105 cm³/mol. The molecule has 0 aromatic heterocycles. The van der Waals surface area contributed by atoms with E-state index >= 15 is 0 Å². The fourth-order valence-electron chi connectivity index (χ4n) is 2.87. The van der Waals surface area contributed by atoms with Crippen LogP contribution in [0.15, 0.2) is 29.3 Å². The lowest BCUT2D eigenvalue weighted by Crippen LogP contribution is -2.46. The van der Waals surface area contributed by atoms with Crippen LogP contribution in [0.1, 0.15) is 18.4 Å². The van der Waals surface area contributed by atoms with E-state index in [2.05, 4.69) is 15.0 Å². The SMILES string of the molecule is CN=C(NCc1ccccc1OC(F)(F)F)N1CCC(C(=O)OC)CC1.I. The summed E-state index contributed by atoms with van der Waals surface area (Å²) in [5.74, 6) is -0.0245. The molecule has 0 aliphatic carbocycles. The number of likely N-dealkylation sites (tertiary alicyclic amines) is 1. The largest absolute Gasteiger partial charge is 0.573 e. The van der Waals surface area contributed by atoms with E-state index in [9.17, 15) is 18.0 Å². The number of esters is 1. The third kappa shape index (κ3) is 7.07. The second-order valence-corrected chi connectivity index (χ2v) is 5.84. The number of guanidine groups is 1. The van der Waals surface area contributed by atoms with Crippen LogP contribution in [0, 0.1) is 5.92 Å². The molecule has 0 spiro atoms. The molecule has 1 saturated heterocycles. The van der Waals surface area contributed by atoms with Crippen molar-refractivity contribution in [3.05, 3.63) is 29.8 Å². The first kappa shape index (κ1) is 23.3. The van der Waals surface area contributed by atoms with Gasteiger partial charge in [0.1, 0.15) is 5.75 Å². The van der Waals surface area contributed by atoms with E-state index in [1.165, 1.54) is 19.2 Å². The summed E-state index contributed by atoms with van der Waals surface area (Å²) >= 11 is 0. The first-order valence-electron chi connectivity index (χ1n) is 8.21. The first-order valence-corrected chi connectivity index (χ1v) is 8.21. The molecule has 0 radical (unpaired) electrons. The highest BCUT2D eigenvalue weighted by molar-refractivity contribution is 14.0. The van der Waals surface area contributed by atoms with Gasteiger partial charge in [-0.05, 0) is 18.9 Å². The zero-order valence-corrected chi connectivity index (χ0v) is 17.4. The zero-order chi connectivity index (χ0) is 19.2. The maximum absolute atomic E-state index is 12.5. The molecule has 10 heteroatoms. The number of hydrogen-bond acceptors (Lipinski definition) is 4. The van der Waals surface area contributed by atoms with Gasteiger partial charge in [-0.25, -0.2) is 0 Å². The van der Waals surface area contributed by atoms with Gasteiger partial charge in [0.2, 0.25) is 0 Å². The maximum atomic E-state index is 12.5. The summed E-state index contributed by atoms with van der Waals surface area (Å²) in [6, 6.07) is 5.96. The number of benzene rings is 1. The van der Waals surface area contributed by atoms with Gasteiger partial charge < -0.3 is 19.7 Å². The van der Waals surface area contributed by atoms with E-state index in [0.717, 1.165) is 0 Å². The van der Waals surface area contributed by atoms with E-state index in [1.807, 2.05) is 4.90 Å². The third-order valence-corrected chi connectivity index (χ3v) is 4.18. The molecule has 2 rings (SSSR count). The minimum absolute atomic E-state index is 0. The lowest BCUT2D eigenvalue weighted by atomic mass is 9.97. The molecular weight excluding hydrogens is 478 g/mol. The molecule has 1 aromatic carbocycles. The Morgan fingerprint density at radius 3 is 2.48 bits per heavy atom. The molecule has 0 saturated carbocycles. The highest BCUT2D eigenvalue weighted by Crippen LogP contribution is 2.26. The van der Waals surface area contributed by atoms with Crippen LogP contribution in [0.2, 0.25) is 0 Å². The molecule has 27 heavy (non-hydrogen) atoms. The van der Waals surface area contributed by atoms with Crippen molar-refractivity contribution in [2.75, 3.05) is 27.2 Å². The highest BCUT2D eigenvalue weighted by Gasteiger charge is 2.32. The van der Waals surface area contributed by atoms with Crippen molar-refractivity contribution in [2.24, 2.45) is 10.9 Å². The Bertz CT molecular complexity index is 648. The number of halogens is 4. The van der Waals surface area contributed by atoms with Gasteiger partial charge in [-0.3, -0.25) is 9.79 Å². The molecule has 0 bridgehead atoms. The summed E-state index contributed by atoms with van der Waals surface area (Å²) in [6.07, 6.45) is -3.46. The number of methoxy groups -OCH3 is 1. The number of aliphatic imine (C=N–C) groups is 1. The van der Waals surface area contributed by atoms with Crippen LogP contribution in [0.4, 0.5) is 13.2 Å². The summed E-state index contributed by atoms with van der Waals surface area (Å²) in [5.41, 5.74) is 0.371. The van der Waals surface area contributed by atoms with Crippen molar-refractivity contribution in [3.63, 3.8) is 0 Å². The van der Waals surface area contributed by atoms with E-state index < -0.39 is 6.36 Å². The number of piperidine rings is 1. The number of ether oxygens (including phenoxy) is 2. The van der Waals surface area contributed by atoms with Crippen molar-refractivity contribution in [2.45, 2.75) is 25.7 Å². The Kier molecular flexibility index (Phi) is 9.13. The monoisotopic (exact) mass is 501 g/mol. The van der Waals surface area contributed by atoms with Gasteiger partial charge in [-0.15, -0.1) is 37.1 Å².